The Morgan fingerprint density at radius 3 is 2.33 bits per heavy atom. The highest BCUT2D eigenvalue weighted by Crippen LogP contribution is 2.06. The number of benzene rings is 1. The second-order valence-electron chi connectivity index (χ2n) is 2.35. The van der Waals surface area contributed by atoms with Gasteiger partial charge in [-0.25, -0.2) is 0 Å². The van der Waals surface area contributed by atoms with E-state index in [0.29, 0.717) is 0 Å². The van der Waals surface area contributed by atoms with Gasteiger partial charge in [0.05, 0.1) is 6.21 Å². The Morgan fingerprint density at radius 1 is 1.17 bits per heavy atom. The fourth-order valence-electron chi connectivity index (χ4n) is 0.875. The van der Waals surface area contributed by atoms with Gasteiger partial charge in [0.2, 0.25) is 0 Å². The summed E-state index contributed by atoms with van der Waals surface area (Å²) in [4.78, 5) is 0. The number of anilines is 1. The van der Waals surface area contributed by atoms with Crippen LogP contribution in [0.25, 0.3) is 0 Å². The number of rotatable bonds is 3. The van der Waals surface area contributed by atoms with Crippen molar-refractivity contribution >= 4 is 11.9 Å². The number of nitrogens with one attached hydrogen (secondary N) is 2. The van der Waals surface area contributed by atoms with Gasteiger partial charge in [-0.05, 0) is 17.7 Å². The normalized spacial score (nSPS) is 10.2. The third kappa shape index (κ3) is 2.27. The molecule has 0 unspecified atom stereocenters. The van der Waals surface area contributed by atoms with Crippen molar-refractivity contribution in [2.45, 2.75) is 0 Å². The zero-order chi connectivity index (χ0) is 8.81. The monoisotopic (exact) mass is 163 g/mol. The average Bonchev–Trinajstić information content (AvgIpc) is 2.15. The summed E-state index contributed by atoms with van der Waals surface area (Å²) in [5, 5.41) is 6.95. The Morgan fingerprint density at radius 2 is 1.83 bits per heavy atom. The predicted molar refractivity (Wildman–Crippen MR) is 52.6 cm³/mol. The lowest BCUT2D eigenvalue weighted by atomic mass is 10.2. The fraction of sp³-hybridized carbons (Fsp3) is 0.222. The van der Waals surface area contributed by atoms with Crippen molar-refractivity contribution < 1.29 is 0 Å². The summed E-state index contributed by atoms with van der Waals surface area (Å²) in [7, 11) is 3.68. The summed E-state index contributed by atoms with van der Waals surface area (Å²) in [5.74, 6) is 0. The Bertz CT molecular complexity index is 251. The number of hydrazone groups is 1. The molecule has 0 heterocycles. The van der Waals surface area contributed by atoms with Crippen molar-refractivity contribution in [1.82, 2.24) is 5.43 Å². The van der Waals surface area contributed by atoms with Gasteiger partial charge in [0.15, 0.2) is 0 Å². The lowest BCUT2D eigenvalue weighted by molar-refractivity contribution is 0.908. The second-order valence-corrected chi connectivity index (χ2v) is 2.35. The molecule has 0 aliphatic carbocycles. The Labute approximate surface area is 72.5 Å². The van der Waals surface area contributed by atoms with Gasteiger partial charge in [-0.1, -0.05) is 12.1 Å². The highest BCUT2D eigenvalue weighted by atomic mass is 15.3. The molecule has 12 heavy (non-hydrogen) atoms. The van der Waals surface area contributed by atoms with E-state index in [2.05, 4.69) is 15.8 Å². The molecule has 1 aromatic rings. The SMILES string of the molecule is CN/N=C\c1ccc(NC)cc1. The number of nitrogens with zero attached hydrogens (tertiary/aromatic N) is 1. The van der Waals surface area contributed by atoms with Crippen LogP contribution in [0.2, 0.25) is 0 Å². The summed E-state index contributed by atoms with van der Waals surface area (Å²) in [5.41, 5.74) is 4.89. The first-order chi connectivity index (χ1) is 5.86. The van der Waals surface area contributed by atoms with Gasteiger partial charge < -0.3 is 10.7 Å². The van der Waals surface area contributed by atoms with Gasteiger partial charge in [0.25, 0.3) is 0 Å². The first kappa shape index (κ1) is 8.59. The predicted octanol–water partition coefficient (Wildman–Crippen LogP) is 1.28. The number of hydrogen-bond acceptors (Lipinski definition) is 3. The van der Waals surface area contributed by atoms with Crippen molar-refractivity contribution in [3.63, 3.8) is 0 Å². The summed E-state index contributed by atoms with van der Waals surface area (Å²) in [6.07, 6.45) is 1.78. The maximum atomic E-state index is 3.90. The van der Waals surface area contributed by atoms with Gasteiger partial charge in [0.1, 0.15) is 0 Å². The minimum Gasteiger partial charge on any atom is -0.388 e. The summed E-state index contributed by atoms with van der Waals surface area (Å²) < 4.78 is 0. The topological polar surface area (TPSA) is 36.4 Å². The molecule has 0 aromatic heterocycles. The van der Waals surface area contributed by atoms with Gasteiger partial charge in [0, 0.05) is 19.8 Å². The smallest absolute Gasteiger partial charge is 0.0540 e. The van der Waals surface area contributed by atoms with E-state index in [0.717, 1.165) is 11.3 Å². The van der Waals surface area contributed by atoms with E-state index >= 15 is 0 Å². The van der Waals surface area contributed by atoms with E-state index in [1.165, 1.54) is 0 Å². The van der Waals surface area contributed by atoms with Crippen LogP contribution in [0.15, 0.2) is 29.4 Å². The van der Waals surface area contributed by atoms with Gasteiger partial charge in [-0.2, -0.15) is 5.10 Å². The molecule has 0 fully saturated rings. The molecule has 3 heteroatoms. The molecule has 2 N–H and O–H groups in total. The second kappa shape index (κ2) is 4.38. The molecule has 0 atom stereocenters. The van der Waals surface area contributed by atoms with Crippen LogP contribution >= 0.6 is 0 Å². The molecule has 0 saturated heterocycles. The van der Waals surface area contributed by atoms with Crippen molar-refractivity contribution in [1.29, 1.82) is 0 Å². The van der Waals surface area contributed by atoms with Crippen LogP contribution in [-0.4, -0.2) is 20.3 Å². The highest BCUT2D eigenvalue weighted by Gasteiger charge is 1.87. The van der Waals surface area contributed by atoms with E-state index in [-0.39, 0.29) is 0 Å². The molecule has 0 spiro atoms. The molecular formula is C9H13N3. The van der Waals surface area contributed by atoms with Crippen LogP contribution in [0.1, 0.15) is 5.56 Å². The van der Waals surface area contributed by atoms with Crippen molar-refractivity contribution in [2.24, 2.45) is 5.10 Å². The third-order valence-electron chi connectivity index (χ3n) is 1.54. The molecule has 1 rings (SSSR count). The first-order valence-electron chi connectivity index (χ1n) is 3.84. The molecule has 0 aliphatic rings. The molecular weight excluding hydrogens is 150 g/mol. The molecule has 0 amide bonds. The zero-order valence-electron chi connectivity index (χ0n) is 7.33. The lowest BCUT2D eigenvalue weighted by Crippen LogP contribution is -1.94. The summed E-state index contributed by atoms with van der Waals surface area (Å²) in [6.45, 7) is 0. The standard InChI is InChI=1S/C9H13N3/c1-10-9-5-3-8(4-6-9)7-12-11-2/h3-7,10-11H,1-2H3/b12-7-. The maximum absolute atomic E-state index is 3.90. The van der Waals surface area contributed by atoms with E-state index in [1.807, 2.05) is 31.3 Å². The van der Waals surface area contributed by atoms with Crippen LogP contribution in [0.4, 0.5) is 5.69 Å². The van der Waals surface area contributed by atoms with E-state index in [4.69, 9.17) is 0 Å². The summed E-state index contributed by atoms with van der Waals surface area (Å²) in [6, 6.07) is 8.04. The first-order valence-corrected chi connectivity index (χ1v) is 3.84. The minimum absolute atomic E-state index is 1.09. The molecule has 3 nitrogen and oxygen atoms in total. The van der Waals surface area contributed by atoms with Gasteiger partial charge in [-0.15, -0.1) is 0 Å². The molecule has 0 radical (unpaired) electrons. The van der Waals surface area contributed by atoms with Crippen molar-refractivity contribution in [2.75, 3.05) is 19.4 Å². The zero-order valence-corrected chi connectivity index (χ0v) is 7.33. The molecule has 1 aromatic carbocycles. The minimum atomic E-state index is 1.09. The Hall–Kier alpha value is -1.51. The van der Waals surface area contributed by atoms with Gasteiger partial charge in [-0.3, -0.25) is 0 Å². The quantitative estimate of drug-likeness (QED) is 0.520. The Balaban J connectivity index is 2.71. The van der Waals surface area contributed by atoms with Crippen LogP contribution in [0, 0.1) is 0 Å². The van der Waals surface area contributed by atoms with Crippen molar-refractivity contribution in [3.8, 4) is 0 Å². The van der Waals surface area contributed by atoms with Crippen LogP contribution in [0.5, 0.6) is 0 Å². The molecule has 0 saturated carbocycles. The maximum Gasteiger partial charge on any atom is 0.0540 e. The highest BCUT2D eigenvalue weighted by molar-refractivity contribution is 5.80. The van der Waals surface area contributed by atoms with E-state index in [1.54, 1.807) is 13.3 Å². The van der Waals surface area contributed by atoms with Crippen LogP contribution < -0.4 is 10.7 Å². The molecule has 64 valence electrons. The summed E-state index contributed by atoms with van der Waals surface area (Å²) >= 11 is 0. The third-order valence-corrected chi connectivity index (χ3v) is 1.54. The van der Waals surface area contributed by atoms with E-state index < -0.39 is 0 Å². The lowest BCUT2D eigenvalue weighted by Gasteiger charge is -1.98. The average molecular weight is 163 g/mol. The number of hydrogen-bond donors (Lipinski definition) is 2. The Kier molecular flexibility index (Phi) is 3.14. The van der Waals surface area contributed by atoms with E-state index in [9.17, 15) is 0 Å². The van der Waals surface area contributed by atoms with Crippen LogP contribution in [-0.2, 0) is 0 Å². The molecule has 0 aliphatic heterocycles. The molecule has 0 bridgehead atoms. The van der Waals surface area contributed by atoms with Crippen LogP contribution in [0.3, 0.4) is 0 Å². The van der Waals surface area contributed by atoms with Crippen molar-refractivity contribution in [3.05, 3.63) is 29.8 Å². The fourth-order valence-corrected chi connectivity index (χ4v) is 0.875. The largest absolute Gasteiger partial charge is 0.388 e. The van der Waals surface area contributed by atoms with Gasteiger partial charge >= 0.3 is 0 Å².